The van der Waals surface area contributed by atoms with E-state index in [0.29, 0.717) is 18.1 Å². The summed E-state index contributed by atoms with van der Waals surface area (Å²) in [5.41, 5.74) is 8.60. The number of benzene rings is 1. The topological polar surface area (TPSA) is 88.2 Å². The van der Waals surface area contributed by atoms with Crippen LogP contribution in [0.3, 0.4) is 0 Å². The molecule has 0 bridgehead atoms. The van der Waals surface area contributed by atoms with E-state index in [2.05, 4.69) is 29.4 Å². The molecule has 104 valence electrons. The van der Waals surface area contributed by atoms with Crippen LogP contribution in [0.25, 0.3) is 0 Å². The lowest BCUT2D eigenvalue weighted by atomic mass is 10.1. The summed E-state index contributed by atoms with van der Waals surface area (Å²) in [4.78, 5) is 14.8. The summed E-state index contributed by atoms with van der Waals surface area (Å²) < 4.78 is 0. The number of nitrogens with zero attached hydrogens (tertiary/aromatic N) is 1. The van der Waals surface area contributed by atoms with E-state index >= 15 is 0 Å². The number of carbonyl (C=O) groups is 1. The lowest BCUT2D eigenvalue weighted by Gasteiger charge is -2.09. The lowest BCUT2D eigenvalue weighted by molar-refractivity contribution is 0.0696. The highest BCUT2D eigenvalue weighted by Gasteiger charge is 2.07. The minimum atomic E-state index is -1.04. The number of carboxylic acid groups (broad SMARTS) is 1. The van der Waals surface area contributed by atoms with E-state index in [1.807, 2.05) is 12.1 Å². The predicted molar refractivity (Wildman–Crippen MR) is 78.8 cm³/mol. The molecule has 0 aliphatic carbocycles. The largest absolute Gasteiger partial charge is 0.478 e. The molecule has 0 aliphatic rings. The first-order valence-corrected chi connectivity index (χ1v) is 6.40. The van der Waals surface area contributed by atoms with E-state index < -0.39 is 5.97 Å². The van der Waals surface area contributed by atoms with Crippen molar-refractivity contribution in [2.24, 2.45) is 0 Å². The molecule has 0 saturated heterocycles. The van der Waals surface area contributed by atoms with Gasteiger partial charge in [-0.2, -0.15) is 0 Å². The molecule has 1 heterocycles. The van der Waals surface area contributed by atoms with Crippen LogP contribution in [0.2, 0.25) is 0 Å². The molecule has 1 aromatic heterocycles. The van der Waals surface area contributed by atoms with Crippen molar-refractivity contribution in [2.75, 3.05) is 11.1 Å². The van der Waals surface area contributed by atoms with E-state index in [0.717, 1.165) is 12.0 Å². The zero-order chi connectivity index (χ0) is 14.5. The number of pyridine rings is 1. The van der Waals surface area contributed by atoms with Crippen LogP contribution in [0.5, 0.6) is 0 Å². The number of hydrogen-bond acceptors (Lipinski definition) is 4. The van der Waals surface area contributed by atoms with Gasteiger partial charge in [-0.25, -0.2) is 9.78 Å². The third-order valence-corrected chi connectivity index (χ3v) is 3.06. The molecule has 0 amide bonds. The Morgan fingerprint density at radius 3 is 2.50 bits per heavy atom. The molecule has 0 saturated carbocycles. The van der Waals surface area contributed by atoms with Crippen molar-refractivity contribution >= 4 is 17.5 Å². The van der Waals surface area contributed by atoms with Gasteiger partial charge >= 0.3 is 5.97 Å². The van der Waals surface area contributed by atoms with E-state index in [9.17, 15) is 4.79 Å². The van der Waals surface area contributed by atoms with Crippen LogP contribution in [-0.2, 0) is 13.0 Å². The molecule has 20 heavy (non-hydrogen) atoms. The lowest BCUT2D eigenvalue weighted by Crippen LogP contribution is -2.07. The third-order valence-electron chi connectivity index (χ3n) is 3.06. The molecule has 4 N–H and O–H groups in total. The zero-order valence-electron chi connectivity index (χ0n) is 11.3. The van der Waals surface area contributed by atoms with Crippen molar-refractivity contribution in [3.63, 3.8) is 0 Å². The Hall–Kier alpha value is -2.56. The maximum atomic E-state index is 10.8. The number of nitrogens with two attached hydrogens (primary N) is 1. The molecule has 2 rings (SSSR count). The van der Waals surface area contributed by atoms with Gasteiger partial charge in [0.2, 0.25) is 0 Å². The third kappa shape index (κ3) is 3.26. The quantitative estimate of drug-likeness (QED) is 0.777. The van der Waals surface area contributed by atoms with Crippen molar-refractivity contribution in [3.05, 3.63) is 53.2 Å². The Balaban J connectivity index is 2.04. The Bertz CT molecular complexity index is 609. The highest BCUT2D eigenvalue weighted by Crippen LogP contribution is 2.17. The predicted octanol–water partition coefficient (Wildman–Crippen LogP) is 2.54. The molecule has 0 unspecified atom stereocenters. The fourth-order valence-corrected chi connectivity index (χ4v) is 1.83. The number of aromatic carboxylic acids is 1. The van der Waals surface area contributed by atoms with Crippen molar-refractivity contribution in [3.8, 4) is 0 Å². The second-order valence-corrected chi connectivity index (χ2v) is 4.49. The van der Waals surface area contributed by atoms with Gasteiger partial charge in [0.05, 0.1) is 11.3 Å². The van der Waals surface area contributed by atoms with E-state index in [4.69, 9.17) is 10.8 Å². The first-order chi connectivity index (χ1) is 9.60. The van der Waals surface area contributed by atoms with Crippen molar-refractivity contribution in [2.45, 2.75) is 19.9 Å². The van der Waals surface area contributed by atoms with Crippen molar-refractivity contribution < 1.29 is 9.90 Å². The van der Waals surface area contributed by atoms with Gasteiger partial charge in [0.15, 0.2) is 0 Å². The number of hydrogen-bond donors (Lipinski definition) is 3. The number of anilines is 2. The average molecular weight is 271 g/mol. The number of nitrogens with one attached hydrogen (secondary N) is 1. The van der Waals surface area contributed by atoms with Gasteiger partial charge < -0.3 is 16.2 Å². The van der Waals surface area contributed by atoms with Gasteiger partial charge in [-0.1, -0.05) is 31.2 Å². The van der Waals surface area contributed by atoms with Gasteiger partial charge in [-0.05, 0) is 23.6 Å². The molecule has 1 aromatic carbocycles. The molecule has 0 fully saturated rings. The van der Waals surface area contributed by atoms with E-state index in [-0.39, 0.29) is 5.56 Å². The maximum absolute atomic E-state index is 10.8. The molecular weight excluding hydrogens is 254 g/mol. The maximum Gasteiger partial charge on any atom is 0.337 e. The SMILES string of the molecule is CCc1ccc(CNc2ncc(C(=O)O)cc2N)cc1. The summed E-state index contributed by atoms with van der Waals surface area (Å²) in [6, 6.07) is 9.67. The number of nitrogen functional groups attached to an aromatic ring is 1. The Morgan fingerprint density at radius 2 is 1.95 bits per heavy atom. The van der Waals surface area contributed by atoms with Gasteiger partial charge in [0.1, 0.15) is 5.82 Å². The van der Waals surface area contributed by atoms with Gasteiger partial charge in [0, 0.05) is 12.7 Å². The highest BCUT2D eigenvalue weighted by molar-refractivity contribution is 5.89. The minimum absolute atomic E-state index is 0.0837. The molecule has 0 aliphatic heterocycles. The van der Waals surface area contributed by atoms with Crippen LogP contribution < -0.4 is 11.1 Å². The van der Waals surface area contributed by atoms with E-state index in [1.54, 1.807) is 0 Å². The Kier molecular flexibility index (Phi) is 4.20. The number of rotatable bonds is 5. The van der Waals surface area contributed by atoms with Crippen LogP contribution >= 0.6 is 0 Å². The summed E-state index contributed by atoms with van der Waals surface area (Å²) in [6.07, 6.45) is 2.31. The molecule has 0 spiro atoms. The first-order valence-electron chi connectivity index (χ1n) is 6.40. The molecule has 5 heteroatoms. The van der Waals surface area contributed by atoms with Crippen LogP contribution in [0.1, 0.15) is 28.4 Å². The zero-order valence-corrected chi connectivity index (χ0v) is 11.3. The number of aryl methyl sites for hydroxylation is 1. The summed E-state index contributed by atoms with van der Waals surface area (Å²) in [5.74, 6) is -0.541. The van der Waals surface area contributed by atoms with Gasteiger partial charge in [-0.15, -0.1) is 0 Å². The van der Waals surface area contributed by atoms with Gasteiger partial charge in [-0.3, -0.25) is 0 Å². The first kappa shape index (κ1) is 13.9. The molecule has 2 aromatic rings. The highest BCUT2D eigenvalue weighted by atomic mass is 16.4. The second-order valence-electron chi connectivity index (χ2n) is 4.49. The molecule has 5 nitrogen and oxygen atoms in total. The van der Waals surface area contributed by atoms with Crippen LogP contribution in [0.15, 0.2) is 36.5 Å². The Morgan fingerprint density at radius 1 is 1.30 bits per heavy atom. The second kappa shape index (κ2) is 6.06. The molecule has 0 radical (unpaired) electrons. The normalized spacial score (nSPS) is 10.2. The standard InChI is InChI=1S/C15H17N3O2/c1-2-10-3-5-11(6-4-10)8-17-14-13(16)7-12(9-18-14)15(19)20/h3-7,9H,2,8,16H2,1H3,(H,17,18)(H,19,20). The summed E-state index contributed by atoms with van der Waals surface area (Å²) in [5, 5.41) is 11.9. The smallest absolute Gasteiger partial charge is 0.337 e. The summed E-state index contributed by atoms with van der Waals surface area (Å²) in [7, 11) is 0. The summed E-state index contributed by atoms with van der Waals surface area (Å²) >= 11 is 0. The number of aromatic nitrogens is 1. The van der Waals surface area contributed by atoms with Crippen LogP contribution in [0.4, 0.5) is 11.5 Å². The monoisotopic (exact) mass is 271 g/mol. The fraction of sp³-hybridized carbons (Fsp3) is 0.200. The number of carboxylic acids is 1. The van der Waals surface area contributed by atoms with Crippen molar-refractivity contribution in [1.29, 1.82) is 0 Å². The molecular formula is C15H17N3O2. The van der Waals surface area contributed by atoms with E-state index in [1.165, 1.54) is 17.8 Å². The minimum Gasteiger partial charge on any atom is -0.478 e. The molecule has 0 atom stereocenters. The van der Waals surface area contributed by atoms with Crippen molar-refractivity contribution in [1.82, 2.24) is 4.98 Å². The Labute approximate surface area is 117 Å². The van der Waals surface area contributed by atoms with Crippen LogP contribution in [-0.4, -0.2) is 16.1 Å². The van der Waals surface area contributed by atoms with Crippen LogP contribution in [0, 0.1) is 0 Å². The summed E-state index contributed by atoms with van der Waals surface area (Å²) in [6.45, 7) is 2.70. The van der Waals surface area contributed by atoms with Gasteiger partial charge in [0.25, 0.3) is 0 Å². The fourth-order valence-electron chi connectivity index (χ4n) is 1.83. The average Bonchev–Trinajstić information content (AvgIpc) is 2.46.